The summed E-state index contributed by atoms with van der Waals surface area (Å²) in [6.07, 6.45) is 3.39. The number of nitrogens with two attached hydrogens (primary N) is 2. The van der Waals surface area contributed by atoms with Gasteiger partial charge in [-0.2, -0.15) is 5.10 Å². The maximum atomic E-state index is 11.8. The Kier molecular flexibility index (Phi) is 3.09. The first-order valence-corrected chi connectivity index (χ1v) is 7.96. The Balaban J connectivity index is 1.84. The largest absolute Gasteiger partial charge is 0.446 e. The molecular formula is C16H14N4O2S. The molecule has 0 spiro atoms. The van der Waals surface area contributed by atoms with Gasteiger partial charge in [-0.05, 0) is 48.2 Å². The second-order valence-electron chi connectivity index (χ2n) is 5.38. The molecule has 0 bridgehead atoms. The lowest BCUT2D eigenvalue weighted by Crippen LogP contribution is -2.13. The van der Waals surface area contributed by atoms with Crippen molar-refractivity contribution in [2.24, 2.45) is 5.73 Å². The topological polar surface area (TPSA) is 107 Å². The second kappa shape index (κ2) is 5.13. The number of carbonyl (C=O) groups excluding carboxylic acids is 1. The number of amides is 1. The van der Waals surface area contributed by atoms with Crippen LogP contribution in [0, 0.1) is 0 Å². The summed E-state index contributed by atoms with van der Waals surface area (Å²) >= 11 is 1.27. The van der Waals surface area contributed by atoms with Gasteiger partial charge in [-0.3, -0.25) is 9.89 Å². The number of primary amides is 1. The number of fused-ring (bicyclic) bond motifs is 3. The molecule has 1 aromatic carbocycles. The number of benzene rings is 1. The lowest BCUT2D eigenvalue weighted by molar-refractivity contribution is 0.100. The van der Waals surface area contributed by atoms with Gasteiger partial charge in [0.1, 0.15) is 5.75 Å². The SMILES string of the molecule is NC(=O)c1sc(Oc2ccc(N)cc2)c2c1CCc1cn[nH]c1-2. The van der Waals surface area contributed by atoms with Gasteiger partial charge < -0.3 is 16.2 Å². The molecule has 116 valence electrons. The molecule has 0 radical (unpaired) electrons. The minimum atomic E-state index is -0.429. The fourth-order valence-electron chi connectivity index (χ4n) is 2.82. The quantitative estimate of drug-likeness (QED) is 0.643. The lowest BCUT2D eigenvalue weighted by Gasteiger charge is -2.14. The third-order valence-electron chi connectivity index (χ3n) is 3.90. The van der Waals surface area contributed by atoms with E-state index in [0.29, 0.717) is 21.4 Å². The van der Waals surface area contributed by atoms with Gasteiger partial charge in [0.15, 0.2) is 5.06 Å². The summed E-state index contributed by atoms with van der Waals surface area (Å²) in [5.74, 6) is 0.229. The van der Waals surface area contributed by atoms with Gasteiger partial charge in [0.05, 0.1) is 22.3 Å². The minimum absolute atomic E-state index is 0.429. The van der Waals surface area contributed by atoms with Crippen LogP contribution < -0.4 is 16.2 Å². The summed E-state index contributed by atoms with van der Waals surface area (Å²) < 4.78 is 6.00. The zero-order valence-electron chi connectivity index (χ0n) is 12.1. The highest BCUT2D eigenvalue weighted by Gasteiger charge is 2.29. The Hall–Kier alpha value is -2.80. The first-order valence-electron chi connectivity index (χ1n) is 7.15. The van der Waals surface area contributed by atoms with E-state index in [0.717, 1.165) is 35.2 Å². The predicted molar refractivity (Wildman–Crippen MR) is 88.8 cm³/mol. The number of carbonyl (C=O) groups is 1. The molecule has 5 N–H and O–H groups in total. The molecule has 0 saturated heterocycles. The Morgan fingerprint density at radius 1 is 1.26 bits per heavy atom. The van der Waals surface area contributed by atoms with Crippen LogP contribution in [0.1, 0.15) is 20.8 Å². The van der Waals surface area contributed by atoms with Crippen LogP contribution in [0.5, 0.6) is 10.8 Å². The van der Waals surface area contributed by atoms with Gasteiger partial charge in [-0.1, -0.05) is 11.3 Å². The number of hydrogen-bond acceptors (Lipinski definition) is 5. The van der Waals surface area contributed by atoms with E-state index in [1.54, 1.807) is 24.3 Å². The molecule has 0 aliphatic heterocycles. The van der Waals surface area contributed by atoms with Gasteiger partial charge >= 0.3 is 0 Å². The third-order valence-corrected chi connectivity index (χ3v) is 5.03. The number of aromatic nitrogens is 2. The summed E-state index contributed by atoms with van der Waals surface area (Å²) in [5, 5.41) is 7.76. The highest BCUT2D eigenvalue weighted by molar-refractivity contribution is 7.16. The number of rotatable bonds is 3. The van der Waals surface area contributed by atoms with Crippen LogP contribution in [0.25, 0.3) is 11.3 Å². The van der Waals surface area contributed by atoms with E-state index in [-0.39, 0.29) is 0 Å². The molecular weight excluding hydrogens is 312 g/mol. The standard InChI is InChI=1S/C16H14N4O2S/c17-9-2-4-10(5-3-9)22-16-12-11(14(23-16)15(18)21)6-1-8-7-19-20-13(8)12/h2-5,7H,1,6,17H2,(H2,18,21)(H,19,20). The van der Waals surface area contributed by atoms with Crippen LogP contribution in [0.2, 0.25) is 0 Å². The van der Waals surface area contributed by atoms with Crippen molar-refractivity contribution in [2.75, 3.05) is 5.73 Å². The molecule has 0 atom stereocenters. The molecule has 1 amide bonds. The third kappa shape index (κ3) is 2.25. The Labute approximate surface area is 136 Å². The van der Waals surface area contributed by atoms with E-state index < -0.39 is 5.91 Å². The van der Waals surface area contributed by atoms with Gasteiger partial charge in [0.2, 0.25) is 0 Å². The number of aryl methyl sites for hydroxylation is 1. The summed E-state index contributed by atoms with van der Waals surface area (Å²) in [4.78, 5) is 12.3. The van der Waals surface area contributed by atoms with E-state index >= 15 is 0 Å². The second-order valence-corrected chi connectivity index (χ2v) is 6.36. The van der Waals surface area contributed by atoms with Crippen molar-refractivity contribution >= 4 is 22.9 Å². The highest BCUT2D eigenvalue weighted by atomic mass is 32.1. The number of nitrogens with zero attached hydrogens (tertiary/aromatic N) is 1. The Morgan fingerprint density at radius 3 is 2.78 bits per heavy atom. The lowest BCUT2D eigenvalue weighted by atomic mass is 9.92. The molecule has 2 aromatic heterocycles. The van der Waals surface area contributed by atoms with Crippen molar-refractivity contribution in [3.05, 3.63) is 46.5 Å². The van der Waals surface area contributed by atoms with Crippen molar-refractivity contribution in [3.63, 3.8) is 0 Å². The zero-order chi connectivity index (χ0) is 16.0. The molecule has 7 heteroatoms. The summed E-state index contributed by atoms with van der Waals surface area (Å²) in [7, 11) is 0. The number of H-pyrrole nitrogens is 1. The molecule has 2 heterocycles. The van der Waals surface area contributed by atoms with Crippen molar-refractivity contribution in [1.29, 1.82) is 0 Å². The fourth-order valence-corrected chi connectivity index (χ4v) is 3.90. The number of nitrogens with one attached hydrogen (secondary N) is 1. The molecule has 1 aliphatic carbocycles. The van der Waals surface area contributed by atoms with E-state index in [1.807, 2.05) is 6.20 Å². The summed E-state index contributed by atoms with van der Waals surface area (Å²) in [6.45, 7) is 0. The minimum Gasteiger partial charge on any atom is -0.446 e. The smallest absolute Gasteiger partial charge is 0.259 e. The average molecular weight is 326 g/mol. The van der Waals surface area contributed by atoms with Gasteiger partial charge in [-0.25, -0.2) is 0 Å². The van der Waals surface area contributed by atoms with Crippen LogP contribution in [0.3, 0.4) is 0 Å². The van der Waals surface area contributed by atoms with Crippen molar-refractivity contribution in [3.8, 4) is 22.1 Å². The molecule has 0 fully saturated rings. The normalized spacial score (nSPS) is 12.5. The molecule has 0 unspecified atom stereocenters. The molecule has 3 aromatic rings. The number of aromatic amines is 1. The summed E-state index contributed by atoms with van der Waals surface area (Å²) in [5.41, 5.74) is 15.7. The Morgan fingerprint density at radius 2 is 2.04 bits per heavy atom. The predicted octanol–water partition coefficient (Wildman–Crippen LogP) is 2.71. The van der Waals surface area contributed by atoms with Crippen molar-refractivity contribution in [1.82, 2.24) is 10.2 Å². The number of nitrogen functional groups attached to an aromatic ring is 1. The van der Waals surface area contributed by atoms with Crippen LogP contribution in [0.15, 0.2) is 30.5 Å². The first-order chi connectivity index (χ1) is 11.1. The molecule has 0 saturated carbocycles. The maximum absolute atomic E-state index is 11.8. The zero-order valence-corrected chi connectivity index (χ0v) is 12.9. The van der Waals surface area contributed by atoms with E-state index in [2.05, 4.69) is 10.2 Å². The molecule has 1 aliphatic rings. The molecule has 6 nitrogen and oxygen atoms in total. The van der Waals surface area contributed by atoms with Crippen LogP contribution in [-0.4, -0.2) is 16.1 Å². The van der Waals surface area contributed by atoms with Crippen LogP contribution >= 0.6 is 11.3 Å². The fraction of sp³-hybridized carbons (Fsp3) is 0.125. The van der Waals surface area contributed by atoms with Crippen molar-refractivity contribution < 1.29 is 9.53 Å². The number of thiophene rings is 1. The van der Waals surface area contributed by atoms with E-state index in [9.17, 15) is 4.79 Å². The van der Waals surface area contributed by atoms with Gasteiger partial charge in [0, 0.05) is 5.69 Å². The van der Waals surface area contributed by atoms with E-state index in [1.165, 1.54) is 11.3 Å². The van der Waals surface area contributed by atoms with Crippen LogP contribution in [-0.2, 0) is 12.8 Å². The first kappa shape index (κ1) is 13.8. The van der Waals surface area contributed by atoms with E-state index in [4.69, 9.17) is 16.2 Å². The van der Waals surface area contributed by atoms with Gasteiger partial charge in [0.25, 0.3) is 5.91 Å². The van der Waals surface area contributed by atoms with Crippen LogP contribution in [0.4, 0.5) is 5.69 Å². The Bertz CT molecular complexity index is 895. The highest BCUT2D eigenvalue weighted by Crippen LogP contribution is 2.47. The van der Waals surface area contributed by atoms with Gasteiger partial charge in [-0.15, -0.1) is 0 Å². The maximum Gasteiger partial charge on any atom is 0.259 e. The molecule has 23 heavy (non-hydrogen) atoms. The van der Waals surface area contributed by atoms with Crippen molar-refractivity contribution in [2.45, 2.75) is 12.8 Å². The average Bonchev–Trinajstić information content (AvgIpc) is 3.13. The molecule has 4 rings (SSSR count). The number of ether oxygens (including phenoxy) is 1. The monoisotopic (exact) mass is 326 g/mol. The number of anilines is 1. The number of hydrogen-bond donors (Lipinski definition) is 3. The summed E-state index contributed by atoms with van der Waals surface area (Å²) in [6, 6.07) is 7.13.